The van der Waals surface area contributed by atoms with Gasteiger partial charge in [-0.1, -0.05) is 46.3 Å². The molecule has 1 heterocycles. The van der Waals surface area contributed by atoms with Crippen LogP contribution in [0.5, 0.6) is 5.75 Å². The van der Waals surface area contributed by atoms with Gasteiger partial charge in [0.15, 0.2) is 0 Å². The molecular weight excluding hydrogens is 390 g/mol. The molecule has 4 nitrogen and oxygen atoms in total. The lowest BCUT2D eigenvalue weighted by Gasteiger charge is -2.35. The largest absolute Gasteiger partial charge is 0.482 e. The summed E-state index contributed by atoms with van der Waals surface area (Å²) in [6.45, 7) is 3.94. The van der Waals surface area contributed by atoms with Crippen molar-refractivity contribution < 1.29 is 13.2 Å². The molecule has 1 N–H and O–H groups in total. The van der Waals surface area contributed by atoms with Gasteiger partial charge in [0.25, 0.3) is 0 Å². The third kappa shape index (κ3) is 3.35. The third-order valence-corrected chi connectivity index (χ3v) is 5.69. The molecular formula is C18H18BrNO3S. The quantitative estimate of drug-likeness (QED) is 0.820. The predicted molar refractivity (Wildman–Crippen MR) is 101 cm³/mol. The Morgan fingerprint density at radius 2 is 1.75 bits per heavy atom. The minimum Gasteiger partial charge on any atom is -0.482 e. The van der Waals surface area contributed by atoms with E-state index in [2.05, 4.69) is 20.7 Å². The average Bonchev–Trinajstić information content (AvgIpc) is 2.48. The Labute approximate surface area is 150 Å². The Morgan fingerprint density at radius 3 is 2.38 bits per heavy atom. The molecule has 0 radical (unpaired) electrons. The number of hydrogen-bond donors (Lipinski definition) is 1. The van der Waals surface area contributed by atoms with Crippen LogP contribution in [0.25, 0.3) is 5.57 Å². The van der Waals surface area contributed by atoms with Gasteiger partial charge in [0, 0.05) is 21.7 Å². The minimum absolute atomic E-state index is 0.484. The van der Waals surface area contributed by atoms with Gasteiger partial charge in [0.2, 0.25) is 10.0 Å². The molecule has 0 bridgehead atoms. The molecule has 0 aromatic heterocycles. The van der Waals surface area contributed by atoms with Crippen LogP contribution in [0.2, 0.25) is 0 Å². The topological polar surface area (TPSA) is 55.4 Å². The highest BCUT2D eigenvalue weighted by Gasteiger charge is 2.34. The van der Waals surface area contributed by atoms with Crippen LogP contribution in [0.4, 0.5) is 5.69 Å². The highest BCUT2D eigenvalue weighted by atomic mass is 79.9. The molecule has 0 saturated heterocycles. The lowest BCUT2D eigenvalue weighted by atomic mass is 9.90. The lowest BCUT2D eigenvalue weighted by molar-refractivity contribution is 0.155. The van der Waals surface area contributed by atoms with Crippen molar-refractivity contribution in [1.82, 2.24) is 0 Å². The van der Waals surface area contributed by atoms with Crippen molar-refractivity contribution in [3.05, 3.63) is 64.1 Å². The van der Waals surface area contributed by atoms with Crippen LogP contribution in [-0.4, -0.2) is 20.3 Å². The SMILES string of the molecule is CC1(C)Oc2cc(NS(C)(=O)=O)ccc2C(c2ccccc2)=C1Br. The van der Waals surface area contributed by atoms with Crippen molar-refractivity contribution in [2.24, 2.45) is 0 Å². The van der Waals surface area contributed by atoms with E-state index in [0.29, 0.717) is 11.4 Å². The van der Waals surface area contributed by atoms with Crippen LogP contribution in [0.3, 0.4) is 0 Å². The maximum Gasteiger partial charge on any atom is 0.229 e. The molecule has 3 rings (SSSR count). The molecule has 0 spiro atoms. The molecule has 6 heteroatoms. The standard InChI is InChI=1S/C18H18BrNO3S/c1-18(2)17(19)16(12-7-5-4-6-8-12)14-10-9-13(11-15(14)23-18)20-24(3,21)22/h4-11,20H,1-3H3. The van der Waals surface area contributed by atoms with E-state index in [1.165, 1.54) is 0 Å². The highest BCUT2D eigenvalue weighted by molar-refractivity contribution is 9.12. The summed E-state index contributed by atoms with van der Waals surface area (Å²) in [5.41, 5.74) is 2.98. The number of nitrogens with one attached hydrogen (secondary N) is 1. The van der Waals surface area contributed by atoms with Crippen molar-refractivity contribution in [2.75, 3.05) is 11.0 Å². The molecule has 0 aliphatic carbocycles. The Bertz CT molecular complexity index is 919. The fourth-order valence-corrected chi connectivity index (χ4v) is 3.80. The number of rotatable bonds is 3. The predicted octanol–water partition coefficient (Wildman–Crippen LogP) is 4.38. The van der Waals surface area contributed by atoms with E-state index >= 15 is 0 Å². The summed E-state index contributed by atoms with van der Waals surface area (Å²) in [7, 11) is -3.34. The smallest absolute Gasteiger partial charge is 0.229 e. The van der Waals surface area contributed by atoms with Crippen LogP contribution in [0.1, 0.15) is 25.0 Å². The van der Waals surface area contributed by atoms with E-state index in [1.54, 1.807) is 12.1 Å². The number of sulfonamides is 1. The average molecular weight is 408 g/mol. The second-order valence-electron chi connectivity index (χ2n) is 6.25. The first-order valence-corrected chi connectivity index (χ1v) is 10.1. The summed E-state index contributed by atoms with van der Waals surface area (Å²) < 4.78 is 32.5. The van der Waals surface area contributed by atoms with E-state index in [4.69, 9.17) is 4.74 Å². The summed E-state index contributed by atoms with van der Waals surface area (Å²) >= 11 is 3.69. The molecule has 2 aromatic carbocycles. The van der Waals surface area contributed by atoms with Crippen LogP contribution >= 0.6 is 15.9 Å². The molecule has 1 aliphatic rings. The monoisotopic (exact) mass is 407 g/mol. The van der Waals surface area contributed by atoms with Gasteiger partial charge in [-0.25, -0.2) is 8.42 Å². The molecule has 0 fully saturated rings. The number of ether oxygens (including phenoxy) is 1. The van der Waals surface area contributed by atoms with E-state index < -0.39 is 15.6 Å². The maximum absolute atomic E-state index is 11.5. The summed E-state index contributed by atoms with van der Waals surface area (Å²) in [4.78, 5) is 0. The Balaban J connectivity index is 2.17. The number of fused-ring (bicyclic) bond motifs is 1. The third-order valence-electron chi connectivity index (χ3n) is 3.73. The Kier molecular flexibility index (Phi) is 4.21. The number of anilines is 1. The van der Waals surface area contributed by atoms with Gasteiger partial charge in [-0.05, 0) is 31.5 Å². The van der Waals surface area contributed by atoms with Gasteiger partial charge in [0.1, 0.15) is 11.4 Å². The van der Waals surface area contributed by atoms with Crippen molar-refractivity contribution in [1.29, 1.82) is 0 Å². The van der Waals surface area contributed by atoms with Crippen molar-refractivity contribution >= 4 is 37.2 Å². The fourth-order valence-electron chi connectivity index (χ4n) is 2.72. The van der Waals surface area contributed by atoms with Crippen molar-refractivity contribution in [3.63, 3.8) is 0 Å². The number of hydrogen-bond acceptors (Lipinski definition) is 3. The van der Waals surface area contributed by atoms with Crippen molar-refractivity contribution in [2.45, 2.75) is 19.4 Å². The summed E-state index contributed by atoms with van der Waals surface area (Å²) in [5, 5.41) is 0. The van der Waals surface area contributed by atoms with Gasteiger partial charge in [-0.15, -0.1) is 0 Å². The lowest BCUT2D eigenvalue weighted by Crippen LogP contribution is -2.32. The van der Waals surface area contributed by atoms with Crippen LogP contribution in [-0.2, 0) is 10.0 Å². The van der Waals surface area contributed by atoms with Gasteiger partial charge in [-0.3, -0.25) is 4.72 Å². The summed E-state index contributed by atoms with van der Waals surface area (Å²) in [6, 6.07) is 15.4. The van der Waals surface area contributed by atoms with E-state index in [-0.39, 0.29) is 0 Å². The Morgan fingerprint density at radius 1 is 1.08 bits per heavy atom. The van der Waals surface area contributed by atoms with Gasteiger partial charge >= 0.3 is 0 Å². The zero-order chi connectivity index (χ0) is 17.5. The number of halogens is 1. The summed E-state index contributed by atoms with van der Waals surface area (Å²) in [6.07, 6.45) is 1.13. The first kappa shape index (κ1) is 17.0. The van der Waals surface area contributed by atoms with Crippen LogP contribution < -0.4 is 9.46 Å². The first-order chi connectivity index (χ1) is 11.2. The second-order valence-corrected chi connectivity index (χ2v) is 8.79. The Hall–Kier alpha value is -1.79. The molecule has 1 aliphatic heterocycles. The molecule has 2 aromatic rings. The van der Waals surface area contributed by atoms with E-state index in [0.717, 1.165) is 27.4 Å². The molecule has 0 amide bonds. The molecule has 0 atom stereocenters. The number of benzene rings is 2. The minimum atomic E-state index is -3.34. The van der Waals surface area contributed by atoms with Gasteiger partial charge in [0.05, 0.1) is 11.9 Å². The highest BCUT2D eigenvalue weighted by Crippen LogP contribution is 2.46. The maximum atomic E-state index is 11.5. The van der Waals surface area contributed by atoms with Crippen LogP contribution in [0.15, 0.2) is 53.0 Å². The molecule has 0 saturated carbocycles. The second kappa shape index (κ2) is 5.93. The van der Waals surface area contributed by atoms with Gasteiger partial charge < -0.3 is 4.74 Å². The van der Waals surface area contributed by atoms with Crippen molar-refractivity contribution in [3.8, 4) is 5.75 Å². The fraction of sp³-hybridized carbons (Fsp3) is 0.222. The molecule has 24 heavy (non-hydrogen) atoms. The van der Waals surface area contributed by atoms with E-state index in [1.807, 2.05) is 50.2 Å². The normalized spacial score (nSPS) is 16.3. The van der Waals surface area contributed by atoms with E-state index in [9.17, 15) is 8.42 Å². The molecule has 0 unspecified atom stereocenters. The van der Waals surface area contributed by atoms with Gasteiger partial charge in [-0.2, -0.15) is 0 Å². The summed E-state index contributed by atoms with van der Waals surface area (Å²) in [5.74, 6) is 0.649. The zero-order valence-corrected chi connectivity index (χ0v) is 16.0. The first-order valence-electron chi connectivity index (χ1n) is 7.44. The molecule has 126 valence electrons. The zero-order valence-electron chi connectivity index (χ0n) is 13.6. The van der Waals surface area contributed by atoms with Crippen LogP contribution in [0, 0.1) is 0 Å².